The lowest BCUT2D eigenvalue weighted by Gasteiger charge is -2.05. The summed E-state index contributed by atoms with van der Waals surface area (Å²) in [6.45, 7) is 0. The molecule has 0 atom stereocenters. The molecule has 0 aliphatic rings. The predicted molar refractivity (Wildman–Crippen MR) is 113 cm³/mol. The lowest BCUT2D eigenvalue weighted by Crippen LogP contribution is -2.08. The van der Waals surface area contributed by atoms with Crippen LogP contribution in [-0.2, 0) is 9.84 Å². The van der Waals surface area contributed by atoms with E-state index in [1.165, 1.54) is 12.4 Å². The highest BCUT2D eigenvalue weighted by Gasteiger charge is 2.28. The van der Waals surface area contributed by atoms with Crippen LogP contribution in [-0.4, -0.2) is 28.4 Å². The van der Waals surface area contributed by atoms with Gasteiger partial charge in [0.25, 0.3) is 0 Å². The van der Waals surface area contributed by atoms with Crippen LogP contribution < -0.4 is 0 Å². The molecule has 2 aromatic carbocycles. The fourth-order valence-electron chi connectivity index (χ4n) is 4.00. The van der Waals surface area contributed by atoms with E-state index < -0.39 is 9.84 Å². The molecule has 0 amide bonds. The highest BCUT2D eigenvalue weighted by Crippen LogP contribution is 2.34. The van der Waals surface area contributed by atoms with Gasteiger partial charge in [0.1, 0.15) is 0 Å². The van der Waals surface area contributed by atoms with Gasteiger partial charge in [-0.25, -0.2) is 18.4 Å². The molecule has 0 bridgehead atoms. The third-order valence-electron chi connectivity index (χ3n) is 5.30. The second-order valence-corrected chi connectivity index (χ2v) is 8.70. The maximum Gasteiger partial charge on any atom is 0.245 e. The third-order valence-corrected chi connectivity index (χ3v) is 6.93. The molecule has 6 aromatic rings. The van der Waals surface area contributed by atoms with Crippen LogP contribution >= 0.6 is 0 Å². The number of benzene rings is 2. The molecule has 0 saturated carbocycles. The summed E-state index contributed by atoms with van der Waals surface area (Å²) >= 11 is 0. The van der Waals surface area contributed by atoms with Crippen LogP contribution in [0, 0.1) is 0 Å². The Kier molecular flexibility index (Phi) is 3.17. The Morgan fingerprint density at radius 3 is 1.52 bits per heavy atom. The van der Waals surface area contributed by atoms with E-state index in [1.807, 2.05) is 60.7 Å². The number of rotatable bonds is 2. The van der Waals surface area contributed by atoms with Crippen molar-refractivity contribution in [3.8, 4) is 0 Å². The molecule has 0 saturated heterocycles. The SMILES string of the molecule is O=S(=O)(c1nccc2c1[nH]c1ccccc12)c1nccc2c1[nH]c1ccccc12. The van der Waals surface area contributed by atoms with Gasteiger partial charge in [0.15, 0.2) is 10.1 Å². The fraction of sp³-hybridized carbons (Fsp3) is 0. The van der Waals surface area contributed by atoms with E-state index in [-0.39, 0.29) is 10.1 Å². The van der Waals surface area contributed by atoms with Gasteiger partial charge in [-0.05, 0) is 24.3 Å². The molecular weight excluding hydrogens is 384 g/mol. The molecule has 2 N–H and O–H groups in total. The Labute approximate surface area is 165 Å². The molecule has 0 aliphatic carbocycles. The Bertz CT molecular complexity index is 1560. The highest BCUT2D eigenvalue weighted by molar-refractivity contribution is 7.91. The van der Waals surface area contributed by atoms with Crippen molar-refractivity contribution in [3.05, 3.63) is 73.1 Å². The number of aromatic amines is 2. The van der Waals surface area contributed by atoms with Crippen molar-refractivity contribution in [1.29, 1.82) is 0 Å². The van der Waals surface area contributed by atoms with Crippen LogP contribution in [0.1, 0.15) is 0 Å². The molecule has 6 nitrogen and oxygen atoms in total. The zero-order valence-electron chi connectivity index (χ0n) is 15.0. The van der Waals surface area contributed by atoms with Crippen LogP contribution in [0.3, 0.4) is 0 Å². The topological polar surface area (TPSA) is 91.5 Å². The molecule has 7 heteroatoms. The Morgan fingerprint density at radius 2 is 1.03 bits per heavy atom. The number of nitrogens with zero attached hydrogens (tertiary/aromatic N) is 2. The molecule has 4 heterocycles. The van der Waals surface area contributed by atoms with Crippen LogP contribution in [0.5, 0.6) is 0 Å². The minimum atomic E-state index is -3.97. The second-order valence-electron chi connectivity index (χ2n) is 6.92. The highest BCUT2D eigenvalue weighted by atomic mass is 32.2. The zero-order chi connectivity index (χ0) is 19.6. The number of hydrogen-bond acceptors (Lipinski definition) is 4. The van der Waals surface area contributed by atoms with Crippen molar-refractivity contribution in [2.24, 2.45) is 0 Å². The summed E-state index contributed by atoms with van der Waals surface area (Å²) in [6.07, 6.45) is 3.06. The number of para-hydroxylation sites is 2. The van der Waals surface area contributed by atoms with Crippen molar-refractivity contribution in [1.82, 2.24) is 19.9 Å². The Balaban J connectivity index is 1.69. The van der Waals surface area contributed by atoms with Crippen LogP contribution in [0.4, 0.5) is 0 Å². The van der Waals surface area contributed by atoms with Gasteiger partial charge in [-0.1, -0.05) is 36.4 Å². The number of aromatic nitrogens is 4. The molecule has 6 rings (SSSR count). The fourth-order valence-corrected chi connectivity index (χ4v) is 5.44. The maximum atomic E-state index is 13.7. The molecule has 4 aromatic heterocycles. The molecule has 0 unspecified atom stereocenters. The van der Waals surface area contributed by atoms with Crippen LogP contribution in [0.25, 0.3) is 43.6 Å². The quantitative estimate of drug-likeness (QED) is 0.447. The van der Waals surface area contributed by atoms with E-state index >= 15 is 0 Å². The van der Waals surface area contributed by atoms with Gasteiger partial charge in [-0.3, -0.25) is 0 Å². The molecule has 0 fully saturated rings. The van der Waals surface area contributed by atoms with Crippen molar-refractivity contribution >= 4 is 53.4 Å². The number of nitrogens with one attached hydrogen (secondary N) is 2. The van der Waals surface area contributed by atoms with E-state index in [0.717, 1.165) is 32.6 Å². The molecule has 29 heavy (non-hydrogen) atoms. The number of H-pyrrole nitrogens is 2. The van der Waals surface area contributed by atoms with Gasteiger partial charge in [0, 0.05) is 45.0 Å². The largest absolute Gasteiger partial charge is 0.352 e. The first-order valence-corrected chi connectivity index (χ1v) is 10.6. The monoisotopic (exact) mass is 398 g/mol. The van der Waals surface area contributed by atoms with Gasteiger partial charge in [-0.2, -0.15) is 0 Å². The number of fused-ring (bicyclic) bond motifs is 6. The minimum absolute atomic E-state index is 0.0233. The summed E-state index contributed by atoms with van der Waals surface area (Å²) in [5.41, 5.74) is 2.71. The van der Waals surface area contributed by atoms with Gasteiger partial charge >= 0.3 is 0 Å². The smallest absolute Gasteiger partial charge is 0.245 e. The van der Waals surface area contributed by atoms with E-state index in [0.29, 0.717) is 11.0 Å². The van der Waals surface area contributed by atoms with Crippen LogP contribution in [0.2, 0.25) is 0 Å². The first kappa shape index (κ1) is 16.3. The molecule has 0 spiro atoms. The summed E-state index contributed by atoms with van der Waals surface area (Å²) in [5, 5.41) is 3.50. The number of hydrogen-bond donors (Lipinski definition) is 2. The molecule has 0 aliphatic heterocycles. The normalized spacial score (nSPS) is 12.4. The lowest BCUT2D eigenvalue weighted by atomic mass is 10.2. The summed E-state index contributed by atoms with van der Waals surface area (Å²) in [7, 11) is -3.97. The first-order chi connectivity index (χ1) is 14.1. The second kappa shape index (κ2) is 5.65. The van der Waals surface area contributed by atoms with Gasteiger partial charge in [0.05, 0.1) is 11.0 Å². The molecule has 140 valence electrons. The van der Waals surface area contributed by atoms with E-state index in [2.05, 4.69) is 19.9 Å². The van der Waals surface area contributed by atoms with E-state index in [4.69, 9.17) is 0 Å². The van der Waals surface area contributed by atoms with Crippen molar-refractivity contribution in [2.45, 2.75) is 10.1 Å². The summed E-state index contributed by atoms with van der Waals surface area (Å²) in [6, 6.07) is 19.1. The van der Waals surface area contributed by atoms with Gasteiger partial charge in [0.2, 0.25) is 9.84 Å². The number of sulfone groups is 1. The first-order valence-electron chi connectivity index (χ1n) is 9.10. The summed E-state index contributed by atoms with van der Waals surface area (Å²) < 4.78 is 27.3. The Hall–Kier alpha value is -3.71. The molecular formula is C22H14N4O2S. The summed E-state index contributed by atoms with van der Waals surface area (Å²) in [4.78, 5) is 14.9. The van der Waals surface area contributed by atoms with E-state index in [9.17, 15) is 8.42 Å². The summed E-state index contributed by atoms with van der Waals surface area (Å²) in [5.74, 6) is 0. The Morgan fingerprint density at radius 1 is 0.586 bits per heavy atom. The van der Waals surface area contributed by atoms with Crippen molar-refractivity contribution in [2.75, 3.05) is 0 Å². The minimum Gasteiger partial charge on any atom is -0.352 e. The van der Waals surface area contributed by atoms with E-state index in [1.54, 1.807) is 0 Å². The standard InChI is InChI=1S/C22H14N4O2S/c27-29(28,21-19-15(9-11-23-21)13-5-1-3-7-17(13)25-19)22-20-16(10-12-24-22)14-6-2-4-8-18(14)26-20/h1-12,25-26H. The predicted octanol–water partition coefficient (Wildman–Crippen LogP) is 4.58. The third kappa shape index (κ3) is 2.19. The number of pyridine rings is 2. The van der Waals surface area contributed by atoms with Gasteiger partial charge in [-0.15, -0.1) is 0 Å². The zero-order valence-corrected chi connectivity index (χ0v) is 15.9. The average Bonchev–Trinajstić information content (AvgIpc) is 3.31. The van der Waals surface area contributed by atoms with Crippen LogP contribution in [0.15, 0.2) is 83.1 Å². The van der Waals surface area contributed by atoms with Gasteiger partial charge < -0.3 is 9.97 Å². The van der Waals surface area contributed by atoms with Crippen molar-refractivity contribution in [3.63, 3.8) is 0 Å². The van der Waals surface area contributed by atoms with Crippen molar-refractivity contribution < 1.29 is 8.42 Å². The average molecular weight is 398 g/mol. The maximum absolute atomic E-state index is 13.7. The molecule has 0 radical (unpaired) electrons. The lowest BCUT2D eigenvalue weighted by molar-refractivity contribution is 0.590.